The first-order valence-corrected chi connectivity index (χ1v) is 8.85. The Hall–Kier alpha value is -2.62. The molecule has 1 heterocycles. The van der Waals surface area contributed by atoms with Crippen molar-refractivity contribution in [2.24, 2.45) is 0 Å². The summed E-state index contributed by atoms with van der Waals surface area (Å²) in [5.41, 5.74) is 6.00. The molecule has 25 heavy (non-hydrogen) atoms. The van der Waals surface area contributed by atoms with E-state index in [-0.39, 0.29) is 5.91 Å². The molecule has 1 aromatic heterocycles. The molecule has 0 unspecified atom stereocenters. The first-order valence-electron chi connectivity index (χ1n) is 8.85. The van der Waals surface area contributed by atoms with E-state index in [1.807, 2.05) is 25.1 Å². The lowest BCUT2D eigenvalue weighted by molar-refractivity contribution is -0.120. The molecule has 0 bridgehead atoms. The molecule has 2 aromatic carbocycles. The SMILES string of the molecule is CCC(=O)NCCc1nc2ccccc2n1Cc1cc(C)ccc1C. The predicted molar refractivity (Wildman–Crippen MR) is 102 cm³/mol. The number of benzene rings is 2. The van der Waals surface area contributed by atoms with Gasteiger partial charge in [-0.05, 0) is 37.1 Å². The molecule has 0 atom stereocenters. The summed E-state index contributed by atoms with van der Waals surface area (Å²) in [6.07, 6.45) is 1.24. The van der Waals surface area contributed by atoms with Crippen LogP contribution in [0.3, 0.4) is 0 Å². The Morgan fingerprint density at radius 2 is 1.96 bits per heavy atom. The number of para-hydroxylation sites is 2. The number of fused-ring (bicyclic) bond motifs is 1. The van der Waals surface area contributed by atoms with Crippen molar-refractivity contribution in [1.29, 1.82) is 0 Å². The summed E-state index contributed by atoms with van der Waals surface area (Å²) in [6, 6.07) is 14.8. The van der Waals surface area contributed by atoms with Gasteiger partial charge in [-0.15, -0.1) is 0 Å². The fourth-order valence-electron chi connectivity index (χ4n) is 3.07. The van der Waals surface area contributed by atoms with Crippen LogP contribution in [0, 0.1) is 13.8 Å². The smallest absolute Gasteiger partial charge is 0.219 e. The molecule has 130 valence electrons. The highest BCUT2D eigenvalue weighted by atomic mass is 16.1. The third-order valence-electron chi connectivity index (χ3n) is 4.56. The number of imidazole rings is 1. The zero-order valence-electron chi connectivity index (χ0n) is 15.2. The quantitative estimate of drug-likeness (QED) is 0.745. The second-order valence-electron chi connectivity index (χ2n) is 6.49. The lowest BCUT2D eigenvalue weighted by atomic mass is 10.1. The molecule has 0 aliphatic rings. The van der Waals surface area contributed by atoms with Gasteiger partial charge >= 0.3 is 0 Å². The average Bonchev–Trinajstić information content (AvgIpc) is 2.95. The molecule has 0 aliphatic heterocycles. The first-order chi connectivity index (χ1) is 12.1. The topological polar surface area (TPSA) is 46.9 Å². The van der Waals surface area contributed by atoms with Crippen LogP contribution in [-0.4, -0.2) is 22.0 Å². The molecule has 0 aliphatic carbocycles. The highest BCUT2D eigenvalue weighted by Crippen LogP contribution is 2.20. The lowest BCUT2D eigenvalue weighted by Crippen LogP contribution is -2.25. The fraction of sp³-hybridized carbons (Fsp3) is 0.333. The molecule has 0 fully saturated rings. The second kappa shape index (κ2) is 7.51. The Labute approximate surface area is 148 Å². The van der Waals surface area contributed by atoms with Crippen molar-refractivity contribution in [2.75, 3.05) is 6.54 Å². The Balaban J connectivity index is 1.92. The molecule has 0 saturated carbocycles. The molecule has 4 heteroatoms. The monoisotopic (exact) mass is 335 g/mol. The van der Waals surface area contributed by atoms with E-state index in [9.17, 15) is 4.79 Å². The van der Waals surface area contributed by atoms with E-state index in [0.717, 1.165) is 29.8 Å². The van der Waals surface area contributed by atoms with Gasteiger partial charge in [0.25, 0.3) is 0 Å². The Morgan fingerprint density at radius 1 is 1.16 bits per heavy atom. The number of aromatic nitrogens is 2. The predicted octanol–water partition coefficient (Wildman–Crippen LogP) is 3.77. The molecule has 0 spiro atoms. The van der Waals surface area contributed by atoms with Crippen LogP contribution < -0.4 is 5.32 Å². The van der Waals surface area contributed by atoms with E-state index < -0.39 is 0 Å². The van der Waals surface area contributed by atoms with E-state index in [4.69, 9.17) is 4.98 Å². The largest absolute Gasteiger partial charge is 0.356 e. The van der Waals surface area contributed by atoms with Gasteiger partial charge in [0.05, 0.1) is 11.0 Å². The zero-order valence-corrected chi connectivity index (χ0v) is 15.2. The van der Waals surface area contributed by atoms with Gasteiger partial charge in [0.2, 0.25) is 5.91 Å². The highest BCUT2D eigenvalue weighted by molar-refractivity contribution is 5.76. The number of hydrogen-bond donors (Lipinski definition) is 1. The van der Waals surface area contributed by atoms with Gasteiger partial charge in [0.1, 0.15) is 5.82 Å². The number of carbonyl (C=O) groups is 1. The Morgan fingerprint density at radius 3 is 2.76 bits per heavy atom. The maximum Gasteiger partial charge on any atom is 0.219 e. The van der Waals surface area contributed by atoms with Crippen LogP contribution in [0.2, 0.25) is 0 Å². The molecule has 3 rings (SSSR count). The molecule has 0 radical (unpaired) electrons. The summed E-state index contributed by atoms with van der Waals surface area (Å²) in [5.74, 6) is 1.09. The average molecular weight is 335 g/mol. The van der Waals surface area contributed by atoms with E-state index in [2.05, 4.69) is 48.0 Å². The van der Waals surface area contributed by atoms with Crippen LogP contribution in [0.5, 0.6) is 0 Å². The van der Waals surface area contributed by atoms with Crippen LogP contribution in [0.4, 0.5) is 0 Å². The fourth-order valence-corrected chi connectivity index (χ4v) is 3.07. The van der Waals surface area contributed by atoms with Gasteiger partial charge < -0.3 is 9.88 Å². The lowest BCUT2D eigenvalue weighted by Gasteiger charge is -2.13. The minimum Gasteiger partial charge on any atom is -0.356 e. The third kappa shape index (κ3) is 3.90. The molecular weight excluding hydrogens is 310 g/mol. The molecule has 1 amide bonds. The summed E-state index contributed by atoms with van der Waals surface area (Å²) >= 11 is 0. The number of aryl methyl sites for hydroxylation is 2. The van der Waals surface area contributed by atoms with E-state index in [1.165, 1.54) is 16.7 Å². The van der Waals surface area contributed by atoms with Crippen molar-refractivity contribution in [3.8, 4) is 0 Å². The molecule has 4 nitrogen and oxygen atoms in total. The minimum absolute atomic E-state index is 0.0807. The van der Waals surface area contributed by atoms with Gasteiger partial charge in [-0.1, -0.05) is 42.8 Å². The summed E-state index contributed by atoms with van der Waals surface area (Å²) in [5, 5.41) is 2.94. The Bertz CT molecular complexity index is 895. The van der Waals surface area contributed by atoms with E-state index in [1.54, 1.807) is 0 Å². The van der Waals surface area contributed by atoms with Gasteiger partial charge in [0, 0.05) is 25.9 Å². The molecule has 1 N–H and O–H groups in total. The number of nitrogens with zero attached hydrogens (tertiary/aromatic N) is 2. The first kappa shape index (κ1) is 17.2. The normalized spacial score (nSPS) is 11.0. The van der Waals surface area contributed by atoms with Gasteiger partial charge in [-0.3, -0.25) is 4.79 Å². The summed E-state index contributed by atoms with van der Waals surface area (Å²) in [4.78, 5) is 16.3. The number of rotatable bonds is 6. The number of carbonyl (C=O) groups excluding carboxylic acids is 1. The van der Waals surface area contributed by atoms with Crippen LogP contribution in [-0.2, 0) is 17.8 Å². The van der Waals surface area contributed by atoms with Crippen molar-refractivity contribution >= 4 is 16.9 Å². The van der Waals surface area contributed by atoms with Crippen LogP contribution >= 0.6 is 0 Å². The minimum atomic E-state index is 0.0807. The standard InChI is InChI=1S/C21H25N3O/c1-4-21(25)22-12-11-20-23-18-7-5-6-8-19(18)24(20)14-17-13-15(2)9-10-16(17)3/h5-10,13H,4,11-12,14H2,1-3H3,(H,22,25). The van der Waals surface area contributed by atoms with Crippen molar-refractivity contribution in [2.45, 2.75) is 40.2 Å². The summed E-state index contributed by atoms with van der Waals surface area (Å²) < 4.78 is 2.27. The third-order valence-corrected chi connectivity index (χ3v) is 4.56. The molecule has 0 saturated heterocycles. The summed E-state index contributed by atoms with van der Waals surface area (Å²) in [7, 11) is 0. The van der Waals surface area contributed by atoms with Crippen molar-refractivity contribution in [1.82, 2.24) is 14.9 Å². The van der Waals surface area contributed by atoms with E-state index >= 15 is 0 Å². The maximum atomic E-state index is 11.5. The van der Waals surface area contributed by atoms with E-state index in [0.29, 0.717) is 13.0 Å². The van der Waals surface area contributed by atoms with Crippen molar-refractivity contribution < 1.29 is 4.79 Å². The van der Waals surface area contributed by atoms with Gasteiger partial charge in [-0.2, -0.15) is 0 Å². The zero-order chi connectivity index (χ0) is 17.8. The molecular formula is C21H25N3O. The van der Waals surface area contributed by atoms with Gasteiger partial charge in [0.15, 0.2) is 0 Å². The second-order valence-corrected chi connectivity index (χ2v) is 6.49. The van der Waals surface area contributed by atoms with Gasteiger partial charge in [-0.25, -0.2) is 4.98 Å². The highest BCUT2D eigenvalue weighted by Gasteiger charge is 2.12. The number of amides is 1. The molecule has 3 aromatic rings. The maximum absolute atomic E-state index is 11.5. The summed E-state index contributed by atoms with van der Waals surface area (Å²) in [6.45, 7) is 7.55. The number of nitrogens with one attached hydrogen (secondary N) is 1. The van der Waals surface area contributed by atoms with Crippen molar-refractivity contribution in [3.63, 3.8) is 0 Å². The Kier molecular flexibility index (Phi) is 5.17. The van der Waals surface area contributed by atoms with Crippen LogP contribution in [0.15, 0.2) is 42.5 Å². The van der Waals surface area contributed by atoms with Crippen molar-refractivity contribution in [3.05, 3.63) is 65.0 Å². The van der Waals surface area contributed by atoms with Crippen LogP contribution in [0.1, 0.15) is 35.9 Å². The number of hydrogen-bond acceptors (Lipinski definition) is 2. The van der Waals surface area contributed by atoms with Crippen LogP contribution in [0.25, 0.3) is 11.0 Å².